The van der Waals surface area contributed by atoms with E-state index in [0.717, 1.165) is 78.1 Å². The molecule has 4 N–H and O–H groups in total. The van der Waals surface area contributed by atoms with Crippen molar-refractivity contribution in [1.29, 1.82) is 0 Å². The van der Waals surface area contributed by atoms with Crippen LogP contribution >= 0.6 is 0 Å². The molecule has 0 unspecified atom stereocenters. The van der Waals surface area contributed by atoms with Gasteiger partial charge in [-0.2, -0.15) is 5.10 Å². The highest BCUT2D eigenvalue weighted by Crippen LogP contribution is 2.45. The third kappa shape index (κ3) is 4.78. The Labute approximate surface area is 234 Å². The number of hydrogen-bond donors (Lipinski definition) is 3. The molecule has 0 spiro atoms. The summed E-state index contributed by atoms with van der Waals surface area (Å²) in [7, 11) is 0. The highest BCUT2D eigenvalue weighted by molar-refractivity contribution is 5.93. The summed E-state index contributed by atoms with van der Waals surface area (Å²) in [6.45, 7) is 0. The van der Waals surface area contributed by atoms with Gasteiger partial charge in [0.2, 0.25) is 5.95 Å². The maximum atomic E-state index is 14.0. The van der Waals surface area contributed by atoms with Gasteiger partial charge in [0, 0.05) is 35.1 Å². The summed E-state index contributed by atoms with van der Waals surface area (Å²) in [6.07, 6.45) is 16.1. The van der Waals surface area contributed by atoms with Crippen LogP contribution in [-0.2, 0) is 0 Å². The van der Waals surface area contributed by atoms with Gasteiger partial charge in [-0.05, 0) is 80.8 Å². The Kier molecular flexibility index (Phi) is 6.77. The predicted octanol–water partition coefficient (Wildman–Crippen LogP) is 7.55. The monoisotopic (exact) mass is 539 g/mol. The minimum Gasteiger partial charge on any atom is -0.398 e. The van der Waals surface area contributed by atoms with Crippen molar-refractivity contribution in [1.82, 2.24) is 19.6 Å². The summed E-state index contributed by atoms with van der Waals surface area (Å²) in [6, 6.07) is 11.4. The van der Waals surface area contributed by atoms with E-state index in [1.165, 1.54) is 56.2 Å². The number of nitrogens with zero attached hydrogens (tertiary/aromatic N) is 4. The number of nitrogens with two attached hydrogens (primary N) is 1. The minimum atomic E-state index is -0.268. The molecule has 8 heteroatoms. The number of nitrogen functional groups attached to an aromatic ring is 1. The minimum absolute atomic E-state index is 0.268. The van der Waals surface area contributed by atoms with Gasteiger partial charge in [0.05, 0.1) is 16.8 Å². The molecule has 3 aromatic heterocycles. The molecule has 4 aromatic rings. The summed E-state index contributed by atoms with van der Waals surface area (Å²) >= 11 is 0. The average molecular weight is 540 g/mol. The number of nitrogens with one attached hydrogen (secondary N) is 2. The van der Waals surface area contributed by atoms with E-state index in [-0.39, 0.29) is 5.82 Å². The van der Waals surface area contributed by atoms with Crippen molar-refractivity contribution < 1.29 is 4.39 Å². The molecule has 0 atom stereocenters. The van der Waals surface area contributed by atoms with Gasteiger partial charge in [0.25, 0.3) is 0 Å². The Bertz CT molecular complexity index is 1490. The van der Waals surface area contributed by atoms with E-state index in [1.54, 1.807) is 12.1 Å². The lowest BCUT2D eigenvalue weighted by Crippen LogP contribution is -2.20. The molecule has 7 nitrogen and oxygen atoms in total. The van der Waals surface area contributed by atoms with Crippen LogP contribution in [0.2, 0.25) is 0 Å². The van der Waals surface area contributed by atoms with Crippen LogP contribution in [0.4, 0.5) is 21.8 Å². The van der Waals surface area contributed by atoms with Crippen LogP contribution in [0.5, 0.6) is 0 Å². The van der Waals surface area contributed by atoms with E-state index in [2.05, 4.69) is 26.2 Å². The molecule has 0 radical (unpaired) electrons. The van der Waals surface area contributed by atoms with Crippen molar-refractivity contribution in [2.75, 3.05) is 16.4 Å². The third-order valence-corrected chi connectivity index (χ3v) is 9.17. The van der Waals surface area contributed by atoms with Crippen LogP contribution in [0.25, 0.3) is 28.0 Å². The summed E-state index contributed by atoms with van der Waals surface area (Å²) in [5.41, 5.74) is 13.1. The van der Waals surface area contributed by atoms with Crippen molar-refractivity contribution in [2.45, 2.75) is 95.1 Å². The molecular weight excluding hydrogens is 501 g/mol. The highest BCUT2D eigenvalue weighted by Gasteiger charge is 2.29. The second-order valence-electron chi connectivity index (χ2n) is 11.9. The van der Waals surface area contributed by atoms with Crippen molar-refractivity contribution in [3.05, 3.63) is 54.0 Å². The maximum absolute atomic E-state index is 14.0. The fraction of sp³-hybridized carbons (Fsp3) is 0.469. The second kappa shape index (κ2) is 10.7. The van der Waals surface area contributed by atoms with Gasteiger partial charge in [-0.3, -0.25) is 0 Å². The fourth-order valence-corrected chi connectivity index (χ4v) is 7.14. The van der Waals surface area contributed by atoms with Crippen LogP contribution in [0.15, 0.2) is 42.6 Å². The lowest BCUT2D eigenvalue weighted by atomic mass is 9.95. The van der Waals surface area contributed by atoms with E-state index in [9.17, 15) is 4.39 Å². The molecular formula is C32H38FN7. The lowest BCUT2D eigenvalue weighted by molar-refractivity contribution is 0.628. The zero-order chi connectivity index (χ0) is 27.1. The molecule has 3 heterocycles. The summed E-state index contributed by atoms with van der Waals surface area (Å²) in [5, 5.41) is 12.7. The highest BCUT2D eigenvalue weighted by atomic mass is 19.1. The molecule has 7 rings (SSSR count). The molecule has 3 saturated carbocycles. The first-order valence-corrected chi connectivity index (χ1v) is 15.1. The van der Waals surface area contributed by atoms with E-state index in [1.807, 2.05) is 12.3 Å². The van der Waals surface area contributed by atoms with Crippen LogP contribution in [0.1, 0.15) is 88.5 Å². The zero-order valence-corrected chi connectivity index (χ0v) is 23.0. The first kappa shape index (κ1) is 25.3. The molecule has 0 aliphatic heterocycles. The van der Waals surface area contributed by atoms with Gasteiger partial charge in [0.15, 0.2) is 0 Å². The number of pyridine rings is 1. The Morgan fingerprint density at radius 1 is 0.825 bits per heavy atom. The number of anilines is 3. The van der Waals surface area contributed by atoms with Gasteiger partial charge in [0.1, 0.15) is 17.3 Å². The molecule has 3 aliphatic rings. The fourth-order valence-electron chi connectivity index (χ4n) is 7.14. The molecule has 1 aromatic carbocycles. The molecule has 3 fully saturated rings. The number of aromatic nitrogens is 4. The molecule has 0 amide bonds. The Morgan fingerprint density at radius 3 is 2.17 bits per heavy atom. The SMILES string of the molecule is Nc1cc2c(-c3ccnc(NC4CCCC4)n3)c(-c3ccc(F)cc3)nn2c(NC2CCCC2)c1C1CCCC1. The van der Waals surface area contributed by atoms with Gasteiger partial charge < -0.3 is 16.4 Å². The van der Waals surface area contributed by atoms with E-state index < -0.39 is 0 Å². The van der Waals surface area contributed by atoms with Crippen molar-refractivity contribution in [3.8, 4) is 22.5 Å². The van der Waals surface area contributed by atoms with Crippen molar-refractivity contribution in [3.63, 3.8) is 0 Å². The molecule has 0 bridgehead atoms. The van der Waals surface area contributed by atoms with Crippen molar-refractivity contribution >= 4 is 23.0 Å². The quantitative estimate of drug-likeness (QED) is 0.225. The topological polar surface area (TPSA) is 93.2 Å². The first-order valence-electron chi connectivity index (χ1n) is 15.1. The third-order valence-electron chi connectivity index (χ3n) is 9.17. The van der Waals surface area contributed by atoms with Gasteiger partial charge in [-0.15, -0.1) is 0 Å². The normalized spacial score (nSPS) is 18.7. The Morgan fingerprint density at radius 2 is 1.48 bits per heavy atom. The standard InChI is InChI=1S/C32H38FN7/c33-22-15-13-21(14-16-22)30-29(26-17-18-35-32(38-26)37-24-11-5-6-12-24)27-19-25(34)28(20-7-1-2-8-20)31(40(27)39-30)36-23-9-3-4-10-23/h13-20,23-24,36H,1-12,34H2,(H,35,37,38). The zero-order valence-electron chi connectivity index (χ0n) is 23.0. The molecule has 208 valence electrons. The smallest absolute Gasteiger partial charge is 0.223 e. The van der Waals surface area contributed by atoms with Crippen LogP contribution in [0.3, 0.4) is 0 Å². The maximum Gasteiger partial charge on any atom is 0.223 e. The number of benzene rings is 1. The number of hydrogen-bond acceptors (Lipinski definition) is 6. The van der Waals surface area contributed by atoms with Crippen molar-refractivity contribution in [2.24, 2.45) is 0 Å². The second-order valence-corrected chi connectivity index (χ2v) is 11.9. The first-order chi connectivity index (χ1) is 19.6. The van der Waals surface area contributed by atoms with E-state index >= 15 is 0 Å². The van der Waals surface area contributed by atoms with Crippen LogP contribution in [0, 0.1) is 5.82 Å². The van der Waals surface area contributed by atoms with Gasteiger partial charge >= 0.3 is 0 Å². The predicted molar refractivity (Wildman–Crippen MR) is 159 cm³/mol. The Balaban J connectivity index is 1.43. The summed E-state index contributed by atoms with van der Waals surface area (Å²) < 4.78 is 16.0. The molecule has 40 heavy (non-hydrogen) atoms. The Hall–Kier alpha value is -3.68. The number of halogens is 1. The molecule has 3 aliphatic carbocycles. The lowest BCUT2D eigenvalue weighted by Gasteiger charge is -2.23. The number of fused-ring (bicyclic) bond motifs is 1. The largest absolute Gasteiger partial charge is 0.398 e. The van der Waals surface area contributed by atoms with Crippen LogP contribution < -0.4 is 16.4 Å². The summed E-state index contributed by atoms with van der Waals surface area (Å²) in [5.74, 6) is 1.81. The van der Waals surface area contributed by atoms with E-state index in [4.69, 9.17) is 15.8 Å². The van der Waals surface area contributed by atoms with E-state index in [0.29, 0.717) is 23.9 Å². The van der Waals surface area contributed by atoms with Gasteiger partial charge in [-0.1, -0.05) is 38.5 Å². The number of rotatable bonds is 7. The average Bonchev–Trinajstić information content (AvgIpc) is 3.77. The van der Waals surface area contributed by atoms with Crippen LogP contribution in [-0.4, -0.2) is 31.7 Å². The summed E-state index contributed by atoms with van der Waals surface area (Å²) in [4.78, 5) is 9.52. The van der Waals surface area contributed by atoms with Gasteiger partial charge in [-0.25, -0.2) is 18.9 Å². The molecule has 0 saturated heterocycles.